The number of hydrogen-bond donors (Lipinski definition) is 2. The van der Waals surface area contributed by atoms with Gasteiger partial charge in [0.05, 0.1) is 6.26 Å². The molecular formula is C10H21N3O3S. The van der Waals surface area contributed by atoms with Crippen molar-refractivity contribution in [1.82, 2.24) is 9.62 Å². The van der Waals surface area contributed by atoms with Gasteiger partial charge in [0.1, 0.15) is 0 Å². The van der Waals surface area contributed by atoms with Crippen molar-refractivity contribution in [2.75, 3.05) is 25.9 Å². The molecule has 6 nitrogen and oxygen atoms in total. The molecule has 1 saturated heterocycles. The van der Waals surface area contributed by atoms with E-state index >= 15 is 0 Å². The molecule has 0 unspecified atom stereocenters. The quantitative estimate of drug-likeness (QED) is 0.683. The number of hydrogen-bond acceptors (Lipinski definition) is 4. The van der Waals surface area contributed by atoms with Gasteiger partial charge in [-0.2, -0.15) is 0 Å². The Morgan fingerprint density at radius 3 is 2.47 bits per heavy atom. The van der Waals surface area contributed by atoms with Crippen LogP contribution < -0.4 is 10.5 Å². The predicted octanol–water partition coefficient (Wildman–Crippen LogP) is -0.734. The Kier molecular flexibility index (Phi) is 5.35. The van der Waals surface area contributed by atoms with Crippen LogP contribution in [0.15, 0.2) is 0 Å². The van der Waals surface area contributed by atoms with E-state index in [2.05, 4.69) is 4.72 Å². The lowest BCUT2D eigenvalue weighted by Crippen LogP contribution is -2.46. The van der Waals surface area contributed by atoms with Crippen LogP contribution in [0, 0.1) is 0 Å². The fourth-order valence-corrected chi connectivity index (χ4v) is 2.80. The largest absolute Gasteiger partial charge is 0.343 e. The van der Waals surface area contributed by atoms with Crippen LogP contribution in [0.3, 0.4) is 0 Å². The molecule has 0 aromatic heterocycles. The SMILES string of the molecule is CS(=O)(=O)NC1CCN(C(=O)CCCN)CC1. The Morgan fingerprint density at radius 1 is 1.41 bits per heavy atom. The summed E-state index contributed by atoms with van der Waals surface area (Å²) in [4.78, 5) is 13.5. The fourth-order valence-electron chi connectivity index (χ4n) is 1.96. The van der Waals surface area contributed by atoms with Gasteiger partial charge in [-0.3, -0.25) is 4.79 Å². The molecule has 7 heteroatoms. The zero-order valence-electron chi connectivity index (χ0n) is 10.2. The average Bonchev–Trinajstić information content (AvgIpc) is 2.24. The van der Waals surface area contributed by atoms with Crippen LogP contribution in [0.1, 0.15) is 25.7 Å². The van der Waals surface area contributed by atoms with E-state index in [1.54, 1.807) is 4.90 Å². The molecule has 0 spiro atoms. The van der Waals surface area contributed by atoms with E-state index in [0.29, 0.717) is 45.3 Å². The molecule has 100 valence electrons. The summed E-state index contributed by atoms with van der Waals surface area (Å²) < 4.78 is 24.7. The lowest BCUT2D eigenvalue weighted by molar-refractivity contribution is -0.132. The third kappa shape index (κ3) is 5.47. The Hall–Kier alpha value is -0.660. The molecule has 17 heavy (non-hydrogen) atoms. The van der Waals surface area contributed by atoms with E-state index in [1.807, 2.05) is 0 Å². The van der Waals surface area contributed by atoms with Gasteiger partial charge >= 0.3 is 0 Å². The summed E-state index contributed by atoms with van der Waals surface area (Å²) in [7, 11) is -3.15. The zero-order valence-corrected chi connectivity index (χ0v) is 11.0. The van der Waals surface area contributed by atoms with Gasteiger partial charge in [-0.05, 0) is 25.8 Å². The maximum absolute atomic E-state index is 11.7. The number of amides is 1. The lowest BCUT2D eigenvalue weighted by Gasteiger charge is -2.32. The number of rotatable bonds is 5. The predicted molar refractivity (Wildman–Crippen MR) is 65.9 cm³/mol. The molecule has 0 aromatic rings. The number of piperidine rings is 1. The summed E-state index contributed by atoms with van der Waals surface area (Å²) in [6, 6.07) is -0.0384. The van der Waals surface area contributed by atoms with Crippen LogP contribution in [0.4, 0.5) is 0 Å². The highest BCUT2D eigenvalue weighted by atomic mass is 32.2. The van der Waals surface area contributed by atoms with Crippen LogP contribution >= 0.6 is 0 Å². The van der Waals surface area contributed by atoms with Crippen molar-refractivity contribution in [3.63, 3.8) is 0 Å². The van der Waals surface area contributed by atoms with Crippen molar-refractivity contribution < 1.29 is 13.2 Å². The van der Waals surface area contributed by atoms with Gasteiger partial charge in [0.2, 0.25) is 15.9 Å². The zero-order chi connectivity index (χ0) is 12.9. The second kappa shape index (κ2) is 6.32. The second-order valence-corrected chi connectivity index (χ2v) is 6.22. The molecule has 0 atom stereocenters. The van der Waals surface area contributed by atoms with E-state index in [9.17, 15) is 13.2 Å². The van der Waals surface area contributed by atoms with E-state index in [1.165, 1.54) is 0 Å². The Morgan fingerprint density at radius 2 is 2.00 bits per heavy atom. The third-order valence-corrected chi connectivity index (χ3v) is 3.58. The molecule has 1 aliphatic rings. The summed E-state index contributed by atoms with van der Waals surface area (Å²) in [6.07, 6.45) is 3.72. The number of carbonyl (C=O) groups excluding carboxylic acids is 1. The minimum Gasteiger partial charge on any atom is -0.343 e. The number of nitrogens with zero attached hydrogens (tertiary/aromatic N) is 1. The monoisotopic (exact) mass is 263 g/mol. The van der Waals surface area contributed by atoms with Crippen LogP contribution in [0.5, 0.6) is 0 Å². The van der Waals surface area contributed by atoms with Gasteiger partial charge in [0.25, 0.3) is 0 Å². The number of nitrogens with two attached hydrogens (primary N) is 1. The van der Waals surface area contributed by atoms with Gasteiger partial charge in [-0.15, -0.1) is 0 Å². The van der Waals surface area contributed by atoms with E-state index < -0.39 is 10.0 Å². The summed E-state index contributed by atoms with van der Waals surface area (Å²) in [6.45, 7) is 1.77. The molecule has 1 fully saturated rings. The van der Waals surface area contributed by atoms with Gasteiger partial charge in [0, 0.05) is 25.6 Å². The molecule has 1 aliphatic heterocycles. The number of likely N-dealkylation sites (tertiary alicyclic amines) is 1. The summed E-state index contributed by atoms with van der Waals surface area (Å²) >= 11 is 0. The van der Waals surface area contributed by atoms with Gasteiger partial charge in [0.15, 0.2) is 0 Å². The Labute approximate surface area is 103 Å². The van der Waals surface area contributed by atoms with Crippen LogP contribution in [-0.4, -0.2) is 51.2 Å². The highest BCUT2D eigenvalue weighted by molar-refractivity contribution is 7.88. The van der Waals surface area contributed by atoms with Crippen LogP contribution in [0.25, 0.3) is 0 Å². The minimum atomic E-state index is -3.15. The molecule has 0 aromatic carbocycles. The van der Waals surface area contributed by atoms with Crippen molar-refractivity contribution >= 4 is 15.9 Å². The van der Waals surface area contributed by atoms with Crippen LogP contribution in [-0.2, 0) is 14.8 Å². The average molecular weight is 263 g/mol. The highest BCUT2D eigenvalue weighted by Crippen LogP contribution is 2.12. The van der Waals surface area contributed by atoms with E-state index in [4.69, 9.17) is 5.73 Å². The second-order valence-electron chi connectivity index (χ2n) is 4.44. The Balaban J connectivity index is 2.33. The highest BCUT2D eigenvalue weighted by Gasteiger charge is 2.23. The summed E-state index contributed by atoms with van der Waals surface area (Å²) in [5.74, 6) is 0.119. The van der Waals surface area contributed by atoms with Gasteiger partial charge < -0.3 is 10.6 Å². The molecule has 0 saturated carbocycles. The molecule has 0 aliphatic carbocycles. The topological polar surface area (TPSA) is 92.5 Å². The van der Waals surface area contributed by atoms with E-state index in [-0.39, 0.29) is 11.9 Å². The molecule has 0 bridgehead atoms. The number of sulfonamides is 1. The molecule has 1 amide bonds. The van der Waals surface area contributed by atoms with Crippen LogP contribution in [0.2, 0.25) is 0 Å². The molecular weight excluding hydrogens is 242 g/mol. The molecule has 1 heterocycles. The molecule has 1 rings (SSSR count). The van der Waals surface area contributed by atoms with Crippen molar-refractivity contribution in [1.29, 1.82) is 0 Å². The normalized spacial score (nSPS) is 18.4. The van der Waals surface area contributed by atoms with Gasteiger partial charge in [-0.1, -0.05) is 0 Å². The maximum atomic E-state index is 11.7. The first-order valence-corrected chi connectivity index (χ1v) is 7.76. The van der Waals surface area contributed by atoms with Crippen molar-refractivity contribution in [2.45, 2.75) is 31.7 Å². The maximum Gasteiger partial charge on any atom is 0.222 e. The standard InChI is InChI=1S/C10H21N3O3S/c1-17(15,16)12-9-4-7-13(8-5-9)10(14)3-2-6-11/h9,12H,2-8,11H2,1H3. The first-order chi connectivity index (χ1) is 7.92. The third-order valence-electron chi connectivity index (χ3n) is 2.82. The summed E-state index contributed by atoms with van der Waals surface area (Å²) in [5, 5.41) is 0. The van der Waals surface area contributed by atoms with E-state index in [0.717, 1.165) is 6.26 Å². The molecule has 3 N–H and O–H groups in total. The van der Waals surface area contributed by atoms with Gasteiger partial charge in [-0.25, -0.2) is 13.1 Å². The fraction of sp³-hybridized carbons (Fsp3) is 0.900. The lowest BCUT2D eigenvalue weighted by atomic mass is 10.1. The van der Waals surface area contributed by atoms with Crippen molar-refractivity contribution in [3.05, 3.63) is 0 Å². The van der Waals surface area contributed by atoms with Crippen molar-refractivity contribution in [3.8, 4) is 0 Å². The number of carbonyl (C=O) groups is 1. The number of nitrogens with one attached hydrogen (secondary N) is 1. The Bertz CT molecular complexity index is 348. The summed E-state index contributed by atoms with van der Waals surface area (Å²) in [5.41, 5.74) is 5.35. The smallest absolute Gasteiger partial charge is 0.222 e. The first kappa shape index (κ1) is 14.4. The first-order valence-electron chi connectivity index (χ1n) is 5.87. The minimum absolute atomic E-state index is 0.0384. The van der Waals surface area contributed by atoms with Crippen molar-refractivity contribution in [2.24, 2.45) is 5.73 Å². The molecule has 0 radical (unpaired) electrons.